The number of aromatic carboxylic acids is 1. The number of anilines is 1. The van der Waals surface area contributed by atoms with Gasteiger partial charge in [-0.15, -0.1) is 6.42 Å². The van der Waals surface area contributed by atoms with E-state index in [1.165, 1.54) is 4.40 Å². The van der Waals surface area contributed by atoms with E-state index in [1.807, 2.05) is 0 Å². The van der Waals surface area contributed by atoms with Crippen LogP contribution in [0.4, 0.5) is 5.82 Å². The van der Waals surface area contributed by atoms with Crippen LogP contribution in [0.15, 0.2) is 24.4 Å². The van der Waals surface area contributed by atoms with Gasteiger partial charge in [0, 0.05) is 13.2 Å². The van der Waals surface area contributed by atoms with Gasteiger partial charge in [-0.2, -0.15) is 0 Å². The van der Waals surface area contributed by atoms with Crippen LogP contribution in [0.1, 0.15) is 10.5 Å². The first-order valence-corrected chi connectivity index (χ1v) is 5.00. The second-order valence-electron chi connectivity index (χ2n) is 3.58. The Kier molecular flexibility index (Phi) is 2.71. The summed E-state index contributed by atoms with van der Waals surface area (Å²) in [5, 5.41) is 9.23. The van der Waals surface area contributed by atoms with Gasteiger partial charge in [0.1, 0.15) is 5.65 Å². The van der Waals surface area contributed by atoms with Gasteiger partial charge in [0.2, 0.25) is 0 Å². The summed E-state index contributed by atoms with van der Waals surface area (Å²) < 4.78 is 1.53. The molecule has 17 heavy (non-hydrogen) atoms. The van der Waals surface area contributed by atoms with Crippen molar-refractivity contribution in [2.75, 3.05) is 18.5 Å². The van der Waals surface area contributed by atoms with E-state index in [0.717, 1.165) is 0 Å². The van der Waals surface area contributed by atoms with Crippen LogP contribution in [-0.4, -0.2) is 34.1 Å². The highest BCUT2D eigenvalue weighted by Gasteiger charge is 2.20. The van der Waals surface area contributed by atoms with E-state index < -0.39 is 5.97 Å². The fourth-order valence-electron chi connectivity index (χ4n) is 1.66. The van der Waals surface area contributed by atoms with Crippen molar-refractivity contribution >= 4 is 17.4 Å². The fourth-order valence-corrected chi connectivity index (χ4v) is 1.66. The molecule has 0 atom stereocenters. The van der Waals surface area contributed by atoms with Crippen LogP contribution in [0, 0.1) is 12.3 Å². The Labute approximate surface area is 98.3 Å². The molecule has 5 nitrogen and oxygen atoms in total. The van der Waals surface area contributed by atoms with Gasteiger partial charge in [0.25, 0.3) is 0 Å². The SMILES string of the molecule is C#CCN(C)c1nc2ccccn2c1C(=O)O. The molecule has 0 radical (unpaired) electrons. The third-order valence-electron chi connectivity index (χ3n) is 2.40. The van der Waals surface area contributed by atoms with E-state index in [-0.39, 0.29) is 5.69 Å². The average molecular weight is 229 g/mol. The average Bonchev–Trinajstić information content (AvgIpc) is 2.68. The number of hydrogen-bond acceptors (Lipinski definition) is 3. The predicted octanol–water partition coefficient (Wildman–Crippen LogP) is 1.10. The van der Waals surface area contributed by atoms with E-state index >= 15 is 0 Å². The zero-order valence-corrected chi connectivity index (χ0v) is 9.29. The van der Waals surface area contributed by atoms with Gasteiger partial charge in [-0.05, 0) is 12.1 Å². The minimum atomic E-state index is -1.03. The number of nitrogens with zero attached hydrogens (tertiary/aromatic N) is 3. The van der Waals surface area contributed by atoms with E-state index in [9.17, 15) is 9.90 Å². The summed E-state index contributed by atoms with van der Waals surface area (Å²) in [6, 6.07) is 5.31. The first-order valence-electron chi connectivity index (χ1n) is 5.00. The van der Waals surface area contributed by atoms with Crippen molar-refractivity contribution in [3.8, 4) is 12.3 Å². The molecule has 86 valence electrons. The van der Waals surface area contributed by atoms with Gasteiger partial charge < -0.3 is 10.0 Å². The molecule has 0 saturated carbocycles. The first-order chi connectivity index (χ1) is 8.15. The van der Waals surface area contributed by atoms with Gasteiger partial charge >= 0.3 is 5.97 Å². The molecule has 0 bridgehead atoms. The predicted molar refractivity (Wildman–Crippen MR) is 64.3 cm³/mol. The number of carboxylic acid groups (broad SMARTS) is 1. The Morgan fingerprint density at radius 2 is 2.41 bits per heavy atom. The molecule has 0 saturated heterocycles. The molecule has 0 unspecified atom stereocenters. The Morgan fingerprint density at radius 1 is 1.65 bits per heavy atom. The zero-order valence-electron chi connectivity index (χ0n) is 9.29. The van der Waals surface area contributed by atoms with E-state index in [0.29, 0.717) is 18.0 Å². The number of pyridine rings is 1. The highest BCUT2D eigenvalue weighted by Crippen LogP contribution is 2.20. The number of imidazole rings is 1. The zero-order chi connectivity index (χ0) is 12.4. The summed E-state index contributed by atoms with van der Waals surface area (Å²) in [6.07, 6.45) is 6.88. The van der Waals surface area contributed by atoms with Crippen molar-refractivity contribution < 1.29 is 9.90 Å². The van der Waals surface area contributed by atoms with Gasteiger partial charge in [0.15, 0.2) is 11.5 Å². The lowest BCUT2D eigenvalue weighted by atomic mass is 10.4. The number of aromatic nitrogens is 2. The normalized spacial score (nSPS) is 10.1. The number of hydrogen-bond donors (Lipinski definition) is 1. The maximum atomic E-state index is 11.3. The first kappa shape index (κ1) is 11.0. The molecule has 2 rings (SSSR count). The van der Waals surface area contributed by atoms with Crippen LogP contribution in [0.5, 0.6) is 0 Å². The highest BCUT2D eigenvalue weighted by atomic mass is 16.4. The molecule has 5 heteroatoms. The topological polar surface area (TPSA) is 57.8 Å². The molecule has 2 heterocycles. The molecule has 0 aliphatic heterocycles. The lowest BCUT2D eigenvalue weighted by Gasteiger charge is -2.13. The Balaban J connectivity index is 2.66. The molecule has 2 aromatic rings. The summed E-state index contributed by atoms with van der Waals surface area (Å²) in [6.45, 7) is 0.310. The van der Waals surface area contributed by atoms with Gasteiger partial charge in [-0.1, -0.05) is 12.0 Å². The van der Waals surface area contributed by atoms with Crippen LogP contribution in [0.25, 0.3) is 5.65 Å². The van der Waals surface area contributed by atoms with Crippen LogP contribution in [-0.2, 0) is 0 Å². The molecule has 0 aliphatic carbocycles. The monoisotopic (exact) mass is 229 g/mol. The number of rotatable bonds is 3. The number of carbonyl (C=O) groups is 1. The van der Waals surface area contributed by atoms with Gasteiger partial charge in [0.05, 0.1) is 6.54 Å². The minimum Gasteiger partial charge on any atom is -0.476 e. The van der Waals surface area contributed by atoms with Crippen molar-refractivity contribution in [2.24, 2.45) is 0 Å². The molecular formula is C12H11N3O2. The van der Waals surface area contributed by atoms with Crippen molar-refractivity contribution in [3.63, 3.8) is 0 Å². The van der Waals surface area contributed by atoms with Gasteiger partial charge in [-0.25, -0.2) is 9.78 Å². The Bertz CT molecular complexity index is 610. The Hall–Kier alpha value is -2.48. The van der Waals surface area contributed by atoms with Crippen molar-refractivity contribution in [3.05, 3.63) is 30.1 Å². The van der Waals surface area contributed by atoms with Gasteiger partial charge in [-0.3, -0.25) is 4.40 Å². The fraction of sp³-hybridized carbons (Fsp3) is 0.167. The van der Waals surface area contributed by atoms with Crippen LogP contribution in [0.3, 0.4) is 0 Å². The van der Waals surface area contributed by atoms with Crippen LogP contribution >= 0.6 is 0 Å². The quantitative estimate of drug-likeness (QED) is 0.801. The number of fused-ring (bicyclic) bond motifs is 1. The smallest absolute Gasteiger partial charge is 0.356 e. The van der Waals surface area contributed by atoms with E-state index in [1.54, 1.807) is 36.3 Å². The van der Waals surface area contributed by atoms with Crippen molar-refractivity contribution in [2.45, 2.75) is 0 Å². The summed E-state index contributed by atoms with van der Waals surface area (Å²) in [7, 11) is 1.72. The second kappa shape index (κ2) is 4.18. The summed E-state index contributed by atoms with van der Waals surface area (Å²) >= 11 is 0. The number of terminal acetylenes is 1. The third-order valence-corrected chi connectivity index (χ3v) is 2.40. The molecule has 0 aromatic carbocycles. The Morgan fingerprint density at radius 3 is 3.06 bits per heavy atom. The molecule has 0 aliphatic rings. The van der Waals surface area contributed by atoms with E-state index in [2.05, 4.69) is 10.9 Å². The number of carboxylic acids is 1. The summed E-state index contributed by atoms with van der Waals surface area (Å²) in [5.41, 5.74) is 0.710. The second-order valence-corrected chi connectivity index (χ2v) is 3.58. The highest BCUT2D eigenvalue weighted by molar-refractivity contribution is 5.93. The molecule has 0 spiro atoms. The lowest BCUT2D eigenvalue weighted by Crippen LogP contribution is -2.20. The largest absolute Gasteiger partial charge is 0.476 e. The molecule has 0 fully saturated rings. The lowest BCUT2D eigenvalue weighted by molar-refractivity contribution is 0.0690. The van der Waals surface area contributed by atoms with E-state index in [4.69, 9.17) is 6.42 Å². The summed E-state index contributed by atoms with van der Waals surface area (Å²) in [4.78, 5) is 17.2. The standard InChI is InChI=1S/C12H11N3O2/c1-3-7-14(2)11-10(12(16)17)15-8-5-4-6-9(15)13-11/h1,4-6,8H,7H2,2H3,(H,16,17). The third kappa shape index (κ3) is 1.81. The molecule has 2 aromatic heterocycles. The molecule has 1 N–H and O–H groups in total. The van der Waals surface area contributed by atoms with Crippen LogP contribution < -0.4 is 4.90 Å². The van der Waals surface area contributed by atoms with Crippen LogP contribution in [0.2, 0.25) is 0 Å². The minimum absolute atomic E-state index is 0.123. The molecule has 0 amide bonds. The summed E-state index contributed by atoms with van der Waals surface area (Å²) in [5.74, 6) is 1.81. The van der Waals surface area contributed by atoms with Crippen molar-refractivity contribution in [1.82, 2.24) is 9.38 Å². The molecular weight excluding hydrogens is 218 g/mol. The maximum Gasteiger partial charge on any atom is 0.356 e. The van der Waals surface area contributed by atoms with Crippen molar-refractivity contribution in [1.29, 1.82) is 0 Å². The maximum absolute atomic E-state index is 11.3.